The number of urea groups is 1. The van der Waals surface area contributed by atoms with Gasteiger partial charge in [-0.05, 0) is 54.0 Å². The van der Waals surface area contributed by atoms with Crippen molar-refractivity contribution in [3.8, 4) is 11.5 Å². The number of anilines is 1. The van der Waals surface area contributed by atoms with Crippen LogP contribution < -0.4 is 15.8 Å². The van der Waals surface area contributed by atoms with Crippen molar-refractivity contribution in [1.29, 1.82) is 0 Å². The Labute approximate surface area is 119 Å². The van der Waals surface area contributed by atoms with Crippen LogP contribution in [0.15, 0.2) is 48.7 Å². The number of ether oxygens (including phenoxy) is 1. The third-order valence-electron chi connectivity index (χ3n) is 2.68. The summed E-state index contributed by atoms with van der Waals surface area (Å²) in [6.07, 6.45) is 1.81. The summed E-state index contributed by atoms with van der Waals surface area (Å²) in [5.41, 5.74) is 5.67. The predicted octanol–water partition coefficient (Wildman–Crippen LogP) is 3.58. The molecule has 5 nitrogen and oxygen atoms in total. The molecule has 100 valence electrons. The lowest BCUT2D eigenvalue weighted by Gasteiger charge is -2.07. The number of hydrogen-bond donors (Lipinski definition) is 2. The van der Waals surface area contributed by atoms with Gasteiger partial charge in [0.15, 0.2) is 0 Å². The van der Waals surface area contributed by atoms with E-state index in [4.69, 9.17) is 10.5 Å². The van der Waals surface area contributed by atoms with E-state index in [0.717, 1.165) is 15.8 Å². The van der Waals surface area contributed by atoms with Crippen molar-refractivity contribution >= 4 is 33.3 Å². The van der Waals surface area contributed by atoms with Gasteiger partial charge in [-0.2, -0.15) is 4.37 Å². The SMILES string of the molecule is NC(=O)Nc1ccc(Oc2ccc3sncc3c2)cc1. The van der Waals surface area contributed by atoms with E-state index in [2.05, 4.69) is 9.69 Å². The lowest BCUT2D eigenvalue weighted by atomic mass is 10.2. The van der Waals surface area contributed by atoms with E-state index < -0.39 is 6.03 Å². The summed E-state index contributed by atoms with van der Waals surface area (Å²) < 4.78 is 11.0. The largest absolute Gasteiger partial charge is 0.457 e. The van der Waals surface area contributed by atoms with E-state index in [1.54, 1.807) is 24.3 Å². The van der Waals surface area contributed by atoms with Crippen LogP contribution in [-0.4, -0.2) is 10.4 Å². The average Bonchev–Trinajstić information content (AvgIpc) is 2.88. The highest BCUT2D eigenvalue weighted by Gasteiger charge is 2.02. The van der Waals surface area contributed by atoms with Gasteiger partial charge in [0.25, 0.3) is 0 Å². The fraction of sp³-hybridized carbons (Fsp3) is 0. The summed E-state index contributed by atoms with van der Waals surface area (Å²) in [4.78, 5) is 10.7. The number of carbonyl (C=O) groups excluding carboxylic acids is 1. The third kappa shape index (κ3) is 2.70. The first-order valence-corrected chi connectivity index (χ1v) is 6.67. The van der Waals surface area contributed by atoms with Crippen LogP contribution in [0, 0.1) is 0 Å². The van der Waals surface area contributed by atoms with Crippen molar-refractivity contribution < 1.29 is 9.53 Å². The molecule has 0 radical (unpaired) electrons. The van der Waals surface area contributed by atoms with Crippen LogP contribution in [-0.2, 0) is 0 Å². The second-order valence-electron chi connectivity index (χ2n) is 4.14. The van der Waals surface area contributed by atoms with E-state index in [0.29, 0.717) is 11.4 Å². The van der Waals surface area contributed by atoms with Gasteiger partial charge >= 0.3 is 6.03 Å². The van der Waals surface area contributed by atoms with Gasteiger partial charge in [-0.15, -0.1) is 0 Å². The molecule has 0 unspecified atom stereocenters. The Morgan fingerprint density at radius 1 is 1.15 bits per heavy atom. The average molecular weight is 285 g/mol. The van der Waals surface area contributed by atoms with Gasteiger partial charge in [0.1, 0.15) is 11.5 Å². The Morgan fingerprint density at radius 3 is 2.65 bits per heavy atom. The van der Waals surface area contributed by atoms with Gasteiger partial charge in [-0.1, -0.05) is 0 Å². The lowest BCUT2D eigenvalue weighted by Crippen LogP contribution is -2.19. The van der Waals surface area contributed by atoms with E-state index in [1.165, 1.54) is 11.5 Å². The molecule has 3 aromatic rings. The van der Waals surface area contributed by atoms with Crippen molar-refractivity contribution in [2.45, 2.75) is 0 Å². The molecule has 2 aromatic carbocycles. The molecule has 0 fully saturated rings. The van der Waals surface area contributed by atoms with Crippen LogP contribution in [0.5, 0.6) is 11.5 Å². The van der Waals surface area contributed by atoms with Gasteiger partial charge in [-0.3, -0.25) is 0 Å². The zero-order chi connectivity index (χ0) is 13.9. The zero-order valence-electron chi connectivity index (χ0n) is 10.4. The Balaban J connectivity index is 1.78. The minimum absolute atomic E-state index is 0.589. The summed E-state index contributed by atoms with van der Waals surface area (Å²) >= 11 is 1.45. The van der Waals surface area contributed by atoms with Crippen molar-refractivity contribution in [1.82, 2.24) is 4.37 Å². The monoisotopic (exact) mass is 285 g/mol. The number of fused-ring (bicyclic) bond motifs is 1. The first-order valence-electron chi connectivity index (χ1n) is 5.89. The number of nitrogens with zero attached hydrogens (tertiary/aromatic N) is 1. The van der Waals surface area contributed by atoms with Gasteiger partial charge in [0, 0.05) is 17.3 Å². The minimum atomic E-state index is -0.589. The fourth-order valence-corrected chi connectivity index (χ4v) is 2.42. The first-order chi connectivity index (χ1) is 9.70. The molecule has 0 aliphatic carbocycles. The summed E-state index contributed by atoms with van der Waals surface area (Å²) in [7, 11) is 0. The molecule has 1 aromatic heterocycles. The number of benzene rings is 2. The number of hydrogen-bond acceptors (Lipinski definition) is 4. The standard InChI is InChI=1S/C14H11N3O2S/c15-14(18)17-10-1-3-11(4-2-10)19-12-5-6-13-9(7-12)8-16-20-13/h1-8H,(H3,15,17,18). The maximum absolute atomic E-state index is 10.7. The second kappa shape index (κ2) is 5.18. The first kappa shape index (κ1) is 12.4. The Kier molecular flexibility index (Phi) is 3.22. The molecule has 0 spiro atoms. The molecular formula is C14H11N3O2S. The second-order valence-corrected chi connectivity index (χ2v) is 4.97. The number of nitrogens with one attached hydrogen (secondary N) is 1. The van der Waals surface area contributed by atoms with Crippen LogP contribution >= 0.6 is 11.5 Å². The van der Waals surface area contributed by atoms with E-state index in [9.17, 15) is 4.79 Å². The zero-order valence-corrected chi connectivity index (χ0v) is 11.2. The predicted molar refractivity (Wildman–Crippen MR) is 79.3 cm³/mol. The molecule has 0 atom stereocenters. The van der Waals surface area contributed by atoms with Gasteiger partial charge < -0.3 is 15.8 Å². The number of rotatable bonds is 3. The quantitative estimate of drug-likeness (QED) is 0.772. The number of aromatic nitrogens is 1. The van der Waals surface area contributed by atoms with Crippen molar-refractivity contribution in [3.63, 3.8) is 0 Å². The lowest BCUT2D eigenvalue weighted by molar-refractivity contribution is 0.259. The van der Waals surface area contributed by atoms with Crippen LogP contribution in [0.2, 0.25) is 0 Å². The van der Waals surface area contributed by atoms with Crippen molar-refractivity contribution in [3.05, 3.63) is 48.7 Å². The van der Waals surface area contributed by atoms with Crippen LogP contribution in [0.4, 0.5) is 10.5 Å². The molecule has 6 heteroatoms. The maximum Gasteiger partial charge on any atom is 0.316 e. The Morgan fingerprint density at radius 2 is 1.90 bits per heavy atom. The molecular weight excluding hydrogens is 274 g/mol. The summed E-state index contributed by atoms with van der Waals surface area (Å²) in [5, 5.41) is 3.55. The Hall–Kier alpha value is -2.60. The highest BCUT2D eigenvalue weighted by molar-refractivity contribution is 7.13. The van der Waals surface area contributed by atoms with Gasteiger partial charge in [0.05, 0.1) is 4.70 Å². The Bertz CT molecular complexity index is 752. The highest BCUT2D eigenvalue weighted by atomic mass is 32.1. The smallest absolute Gasteiger partial charge is 0.316 e. The molecule has 0 aliphatic heterocycles. The molecule has 0 saturated carbocycles. The molecule has 1 heterocycles. The van der Waals surface area contributed by atoms with Crippen LogP contribution in [0.3, 0.4) is 0 Å². The van der Waals surface area contributed by atoms with Crippen LogP contribution in [0.1, 0.15) is 0 Å². The molecule has 3 N–H and O–H groups in total. The number of primary amides is 1. The van der Waals surface area contributed by atoms with Crippen LogP contribution in [0.25, 0.3) is 10.1 Å². The molecule has 20 heavy (non-hydrogen) atoms. The van der Waals surface area contributed by atoms with Crippen molar-refractivity contribution in [2.24, 2.45) is 5.73 Å². The third-order valence-corrected chi connectivity index (χ3v) is 3.46. The fourth-order valence-electron chi connectivity index (χ4n) is 1.80. The van der Waals surface area contributed by atoms with E-state index in [-0.39, 0.29) is 0 Å². The maximum atomic E-state index is 10.7. The van der Waals surface area contributed by atoms with E-state index in [1.807, 2.05) is 24.4 Å². The molecule has 0 aliphatic rings. The highest BCUT2D eigenvalue weighted by Crippen LogP contribution is 2.27. The molecule has 0 saturated heterocycles. The van der Waals surface area contributed by atoms with Gasteiger partial charge in [0.2, 0.25) is 0 Å². The number of amides is 2. The summed E-state index contributed by atoms with van der Waals surface area (Å²) in [5.74, 6) is 1.43. The molecule has 0 bridgehead atoms. The van der Waals surface area contributed by atoms with Gasteiger partial charge in [-0.25, -0.2) is 4.79 Å². The van der Waals surface area contributed by atoms with E-state index >= 15 is 0 Å². The normalized spacial score (nSPS) is 10.4. The molecule has 3 rings (SSSR count). The summed E-state index contributed by atoms with van der Waals surface area (Å²) in [6, 6.07) is 12.2. The minimum Gasteiger partial charge on any atom is -0.457 e. The molecule has 2 amide bonds. The topological polar surface area (TPSA) is 77.2 Å². The number of carbonyl (C=O) groups is 1. The number of nitrogens with two attached hydrogens (primary N) is 1. The van der Waals surface area contributed by atoms with Crippen molar-refractivity contribution in [2.75, 3.05) is 5.32 Å². The summed E-state index contributed by atoms with van der Waals surface area (Å²) in [6.45, 7) is 0.